The fraction of sp³-hybridized carbons (Fsp3) is 0.238. The molecule has 2 rings (SSSR count). The van der Waals surface area contributed by atoms with E-state index >= 15 is 0 Å². The number of hydrogen-bond donors (Lipinski definition) is 0. The van der Waals surface area contributed by atoms with E-state index in [1.165, 1.54) is 0 Å². The van der Waals surface area contributed by atoms with Gasteiger partial charge in [-0.3, -0.25) is 4.79 Å². The van der Waals surface area contributed by atoms with Gasteiger partial charge in [0.15, 0.2) is 11.5 Å². The molecule has 0 aliphatic heterocycles. The molecule has 4 heteroatoms. The first kappa shape index (κ1) is 18.3. The van der Waals surface area contributed by atoms with E-state index in [1.807, 2.05) is 12.1 Å². The Morgan fingerprint density at radius 1 is 1.16 bits per heavy atom. The zero-order valence-electron chi connectivity index (χ0n) is 14.7. The van der Waals surface area contributed by atoms with Crippen LogP contribution in [0.1, 0.15) is 29.8 Å². The Hall–Kier alpha value is -3.06. The lowest BCUT2D eigenvalue weighted by atomic mass is 10.0. The molecule has 2 aromatic rings. The minimum absolute atomic E-state index is 0.0752. The Morgan fingerprint density at radius 3 is 2.48 bits per heavy atom. The Bertz CT molecular complexity index is 802. The molecule has 0 saturated carbocycles. The number of nitrogens with zero attached hydrogens (tertiary/aromatic N) is 1. The van der Waals surface area contributed by atoms with Crippen LogP contribution in [0.15, 0.2) is 54.1 Å². The van der Waals surface area contributed by atoms with E-state index in [0.717, 1.165) is 0 Å². The molecule has 0 heterocycles. The maximum atomic E-state index is 12.5. The van der Waals surface area contributed by atoms with Crippen LogP contribution >= 0.6 is 0 Å². The van der Waals surface area contributed by atoms with Gasteiger partial charge in [-0.15, -0.1) is 0 Å². The first-order valence-electron chi connectivity index (χ1n) is 8.07. The van der Waals surface area contributed by atoms with E-state index in [-0.39, 0.29) is 11.4 Å². The summed E-state index contributed by atoms with van der Waals surface area (Å²) in [6, 6.07) is 16.1. The van der Waals surface area contributed by atoms with Crippen LogP contribution in [0.3, 0.4) is 0 Å². The second-order valence-corrected chi connectivity index (χ2v) is 5.98. The lowest BCUT2D eigenvalue weighted by Crippen LogP contribution is -2.06. The predicted molar refractivity (Wildman–Crippen MR) is 97.7 cm³/mol. The van der Waals surface area contributed by atoms with Crippen molar-refractivity contribution in [3.63, 3.8) is 0 Å². The zero-order valence-corrected chi connectivity index (χ0v) is 14.7. The third-order valence-corrected chi connectivity index (χ3v) is 3.47. The number of benzene rings is 2. The largest absolute Gasteiger partial charge is 0.493 e. The van der Waals surface area contributed by atoms with Gasteiger partial charge in [-0.1, -0.05) is 50.2 Å². The van der Waals surface area contributed by atoms with Crippen LogP contribution in [0.2, 0.25) is 0 Å². The molecule has 4 nitrogen and oxygen atoms in total. The van der Waals surface area contributed by atoms with Gasteiger partial charge in [0.1, 0.15) is 11.6 Å². The predicted octanol–water partition coefficient (Wildman–Crippen LogP) is 4.52. The highest BCUT2D eigenvalue weighted by atomic mass is 16.5. The van der Waals surface area contributed by atoms with Crippen molar-refractivity contribution in [2.24, 2.45) is 5.92 Å². The molecule has 0 bridgehead atoms. The van der Waals surface area contributed by atoms with Crippen molar-refractivity contribution < 1.29 is 14.3 Å². The average Bonchev–Trinajstić information content (AvgIpc) is 2.64. The van der Waals surface area contributed by atoms with Crippen LogP contribution in [0.25, 0.3) is 6.08 Å². The monoisotopic (exact) mass is 335 g/mol. The van der Waals surface area contributed by atoms with Crippen LogP contribution in [-0.4, -0.2) is 19.5 Å². The molecule has 0 aliphatic carbocycles. The zero-order chi connectivity index (χ0) is 18.2. The minimum Gasteiger partial charge on any atom is -0.493 e. The van der Waals surface area contributed by atoms with Crippen molar-refractivity contribution >= 4 is 11.9 Å². The maximum Gasteiger partial charge on any atom is 0.203 e. The Kier molecular flexibility index (Phi) is 6.36. The van der Waals surface area contributed by atoms with E-state index in [1.54, 1.807) is 55.7 Å². The number of methoxy groups -OCH3 is 1. The highest BCUT2D eigenvalue weighted by molar-refractivity contribution is 6.14. The summed E-state index contributed by atoms with van der Waals surface area (Å²) in [6.45, 7) is 4.67. The molecular weight excluding hydrogens is 314 g/mol. The normalized spacial score (nSPS) is 11.1. The molecule has 0 aliphatic rings. The van der Waals surface area contributed by atoms with Crippen molar-refractivity contribution in [1.82, 2.24) is 0 Å². The standard InChI is InChI=1S/C21H21NO3/c1-15(2)14-25-20-12-16(9-10-19(20)24-3)11-18(13-22)21(23)17-7-5-4-6-8-17/h4-12,15H,14H2,1-3H3/b18-11+. The van der Waals surface area contributed by atoms with E-state index in [2.05, 4.69) is 13.8 Å². The SMILES string of the molecule is COc1ccc(/C=C(\C#N)C(=O)c2ccccc2)cc1OCC(C)C. The topological polar surface area (TPSA) is 59.3 Å². The molecular formula is C21H21NO3. The van der Waals surface area contributed by atoms with Gasteiger partial charge in [0, 0.05) is 5.56 Å². The highest BCUT2D eigenvalue weighted by Gasteiger charge is 2.13. The molecule has 25 heavy (non-hydrogen) atoms. The number of ether oxygens (including phenoxy) is 2. The summed E-state index contributed by atoms with van der Waals surface area (Å²) in [5.41, 5.74) is 1.27. The molecule has 0 radical (unpaired) electrons. The second kappa shape index (κ2) is 8.70. The number of rotatable bonds is 7. The molecule has 0 fully saturated rings. The van der Waals surface area contributed by atoms with Crippen LogP contribution < -0.4 is 9.47 Å². The van der Waals surface area contributed by atoms with Crippen LogP contribution in [0.4, 0.5) is 0 Å². The molecule has 128 valence electrons. The summed E-state index contributed by atoms with van der Waals surface area (Å²) in [5.74, 6) is 1.28. The fourth-order valence-electron chi connectivity index (χ4n) is 2.21. The molecule has 0 spiro atoms. The summed E-state index contributed by atoms with van der Waals surface area (Å²) < 4.78 is 11.1. The third kappa shape index (κ3) is 4.95. The number of allylic oxidation sites excluding steroid dienone is 1. The van der Waals surface area contributed by atoms with Gasteiger partial charge in [0.25, 0.3) is 0 Å². The Morgan fingerprint density at radius 2 is 1.88 bits per heavy atom. The number of carbonyl (C=O) groups excluding carboxylic acids is 1. The minimum atomic E-state index is -0.302. The van der Waals surface area contributed by atoms with Crippen molar-refractivity contribution in [2.45, 2.75) is 13.8 Å². The fourth-order valence-corrected chi connectivity index (χ4v) is 2.21. The first-order valence-corrected chi connectivity index (χ1v) is 8.07. The molecule has 0 unspecified atom stereocenters. The van der Waals surface area contributed by atoms with E-state index in [9.17, 15) is 10.1 Å². The van der Waals surface area contributed by atoms with Crippen LogP contribution in [0, 0.1) is 17.2 Å². The Balaban J connectivity index is 2.33. The quantitative estimate of drug-likeness (QED) is 0.424. The number of nitriles is 1. The highest BCUT2D eigenvalue weighted by Crippen LogP contribution is 2.29. The number of carbonyl (C=O) groups is 1. The molecule has 0 amide bonds. The summed E-state index contributed by atoms with van der Waals surface area (Å²) in [4.78, 5) is 12.5. The molecule has 0 saturated heterocycles. The van der Waals surface area contributed by atoms with Crippen molar-refractivity contribution in [3.05, 3.63) is 65.2 Å². The van der Waals surface area contributed by atoms with E-state index < -0.39 is 0 Å². The van der Waals surface area contributed by atoms with Crippen molar-refractivity contribution in [1.29, 1.82) is 5.26 Å². The summed E-state index contributed by atoms with van der Waals surface area (Å²) in [7, 11) is 1.58. The lowest BCUT2D eigenvalue weighted by molar-refractivity contribution is 0.104. The maximum absolute atomic E-state index is 12.5. The van der Waals surface area contributed by atoms with Crippen LogP contribution in [0.5, 0.6) is 11.5 Å². The summed E-state index contributed by atoms with van der Waals surface area (Å²) in [6.07, 6.45) is 1.57. The summed E-state index contributed by atoms with van der Waals surface area (Å²) in [5, 5.41) is 9.37. The van der Waals surface area contributed by atoms with Gasteiger partial charge >= 0.3 is 0 Å². The van der Waals surface area contributed by atoms with Gasteiger partial charge < -0.3 is 9.47 Å². The van der Waals surface area contributed by atoms with Gasteiger partial charge in [-0.25, -0.2) is 0 Å². The average molecular weight is 335 g/mol. The number of hydrogen-bond acceptors (Lipinski definition) is 4. The number of ketones is 1. The second-order valence-electron chi connectivity index (χ2n) is 5.98. The van der Waals surface area contributed by atoms with Gasteiger partial charge in [0.2, 0.25) is 5.78 Å². The number of Topliss-reactive ketones (excluding diaryl/α,β-unsaturated/α-hetero) is 1. The molecule has 0 N–H and O–H groups in total. The van der Waals surface area contributed by atoms with Crippen LogP contribution in [-0.2, 0) is 0 Å². The summed E-state index contributed by atoms with van der Waals surface area (Å²) >= 11 is 0. The lowest BCUT2D eigenvalue weighted by Gasteiger charge is -2.13. The van der Waals surface area contributed by atoms with Crippen molar-refractivity contribution in [2.75, 3.05) is 13.7 Å². The van der Waals surface area contributed by atoms with Gasteiger partial charge in [-0.05, 0) is 29.7 Å². The van der Waals surface area contributed by atoms with E-state index in [0.29, 0.717) is 35.2 Å². The van der Waals surface area contributed by atoms with Gasteiger partial charge in [0.05, 0.1) is 13.7 Å². The molecule has 2 aromatic carbocycles. The third-order valence-electron chi connectivity index (χ3n) is 3.47. The molecule has 0 atom stereocenters. The molecule has 0 aromatic heterocycles. The van der Waals surface area contributed by atoms with Gasteiger partial charge in [-0.2, -0.15) is 5.26 Å². The smallest absolute Gasteiger partial charge is 0.203 e. The van der Waals surface area contributed by atoms with Crippen molar-refractivity contribution in [3.8, 4) is 17.6 Å². The van der Waals surface area contributed by atoms with E-state index in [4.69, 9.17) is 9.47 Å². The first-order chi connectivity index (χ1) is 12.0. The Labute approximate surface area is 148 Å².